The lowest BCUT2D eigenvalue weighted by Crippen LogP contribution is -2.50. The molecule has 0 aliphatic carbocycles. The van der Waals surface area contributed by atoms with Crippen molar-refractivity contribution in [3.05, 3.63) is 35.1 Å². The van der Waals surface area contributed by atoms with Gasteiger partial charge >= 0.3 is 12.3 Å². The number of likely N-dealkylation sites (tertiary alicyclic amines) is 1. The summed E-state index contributed by atoms with van der Waals surface area (Å²) in [6.45, 7) is 5.62. The first-order valence-corrected chi connectivity index (χ1v) is 6.81. The molecule has 1 saturated heterocycles. The summed E-state index contributed by atoms with van der Waals surface area (Å²) in [6.07, 6.45) is -5.11. The summed E-state index contributed by atoms with van der Waals surface area (Å²) in [5.74, 6) is -1.25. The highest BCUT2D eigenvalue weighted by Crippen LogP contribution is 2.35. The van der Waals surface area contributed by atoms with Crippen LogP contribution in [0.3, 0.4) is 0 Å². The van der Waals surface area contributed by atoms with Crippen molar-refractivity contribution >= 4 is 6.09 Å². The number of nitrogens with zero attached hydrogens (tertiary/aromatic N) is 1. The molecular weight excluding hydrogens is 302 g/mol. The molecule has 1 fully saturated rings. The van der Waals surface area contributed by atoms with Gasteiger partial charge in [-0.15, -0.1) is 0 Å². The number of rotatable bonds is 1. The normalized spacial score (nSPS) is 16.4. The fraction of sp³-hybridized carbons (Fsp3) is 0.533. The van der Waals surface area contributed by atoms with E-state index in [0.717, 1.165) is 12.1 Å². The van der Waals surface area contributed by atoms with Crippen LogP contribution in [0.25, 0.3) is 0 Å². The van der Waals surface area contributed by atoms with Crippen molar-refractivity contribution in [3.63, 3.8) is 0 Å². The molecule has 0 radical (unpaired) electrons. The average Bonchev–Trinajstić information content (AvgIpc) is 2.21. The Labute approximate surface area is 125 Å². The van der Waals surface area contributed by atoms with Crippen molar-refractivity contribution in [3.8, 4) is 0 Å². The zero-order chi connectivity index (χ0) is 16.7. The maximum atomic E-state index is 13.4. The Morgan fingerprint density at radius 1 is 1.18 bits per heavy atom. The first-order valence-electron chi connectivity index (χ1n) is 6.81. The van der Waals surface area contributed by atoms with E-state index in [4.69, 9.17) is 4.74 Å². The summed E-state index contributed by atoms with van der Waals surface area (Å²) in [5, 5.41) is 0. The largest absolute Gasteiger partial charge is 0.444 e. The van der Waals surface area contributed by atoms with Crippen LogP contribution < -0.4 is 0 Å². The van der Waals surface area contributed by atoms with Gasteiger partial charge in [0.05, 0.1) is 5.56 Å². The lowest BCUT2D eigenvalue weighted by Gasteiger charge is -2.40. The molecule has 1 heterocycles. The summed E-state index contributed by atoms with van der Waals surface area (Å²) in [4.78, 5) is 13.1. The molecule has 0 unspecified atom stereocenters. The summed E-state index contributed by atoms with van der Waals surface area (Å²) in [5.41, 5.74) is -1.41. The first kappa shape index (κ1) is 16.6. The Balaban J connectivity index is 2.05. The van der Waals surface area contributed by atoms with E-state index in [1.165, 1.54) is 4.90 Å². The van der Waals surface area contributed by atoms with Gasteiger partial charge in [-0.25, -0.2) is 9.18 Å². The molecular formula is C15H17F4NO2. The molecule has 1 aliphatic heterocycles. The molecule has 1 aromatic carbocycles. The van der Waals surface area contributed by atoms with Crippen LogP contribution in [-0.2, 0) is 10.9 Å². The Kier molecular flexibility index (Phi) is 4.10. The summed E-state index contributed by atoms with van der Waals surface area (Å²) >= 11 is 0. The molecule has 2 rings (SSSR count). The standard InChI is InChI=1S/C15H17F4NO2/c1-14(2,3)22-13(21)20-7-10(8-20)9-4-11(15(17,18)19)6-12(16)5-9/h4-6,10H,7-8H2,1-3H3. The van der Waals surface area contributed by atoms with Crippen molar-refractivity contribution in [2.24, 2.45) is 0 Å². The van der Waals surface area contributed by atoms with Crippen LogP contribution >= 0.6 is 0 Å². The second kappa shape index (κ2) is 5.44. The lowest BCUT2D eigenvalue weighted by molar-refractivity contribution is -0.137. The van der Waals surface area contributed by atoms with E-state index < -0.39 is 29.3 Å². The maximum absolute atomic E-state index is 13.4. The molecule has 22 heavy (non-hydrogen) atoms. The fourth-order valence-electron chi connectivity index (χ4n) is 2.18. The minimum absolute atomic E-state index is 0.218. The van der Waals surface area contributed by atoms with Crippen molar-refractivity contribution < 1.29 is 27.1 Å². The number of ether oxygens (including phenoxy) is 1. The minimum Gasteiger partial charge on any atom is -0.444 e. The van der Waals surface area contributed by atoms with Gasteiger partial charge in [-0.05, 0) is 44.5 Å². The van der Waals surface area contributed by atoms with Crippen LogP contribution in [0.5, 0.6) is 0 Å². The molecule has 3 nitrogen and oxygen atoms in total. The Bertz CT molecular complexity index is 572. The highest BCUT2D eigenvalue weighted by molar-refractivity contribution is 5.69. The number of carbonyl (C=O) groups is 1. The lowest BCUT2D eigenvalue weighted by atomic mass is 9.90. The second-order valence-corrected chi connectivity index (χ2v) is 6.35. The van der Waals surface area contributed by atoms with E-state index >= 15 is 0 Å². The Hall–Kier alpha value is -1.79. The van der Waals surface area contributed by atoms with Gasteiger partial charge in [0.15, 0.2) is 0 Å². The molecule has 7 heteroatoms. The van der Waals surface area contributed by atoms with Gasteiger partial charge in [0.1, 0.15) is 11.4 Å². The SMILES string of the molecule is CC(C)(C)OC(=O)N1CC(c2cc(F)cc(C(F)(F)F)c2)C1. The van der Waals surface area contributed by atoms with Gasteiger partial charge < -0.3 is 9.64 Å². The highest BCUT2D eigenvalue weighted by atomic mass is 19.4. The van der Waals surface area contributed by atoms with Crippen molar-refractivity contribution in [1.29, 1.82) is 0 Å². The monoisotopic (exact) mass is 319 g/mol. The van der Waals surface area contributed by atoms with Gasteiger partial charge in [-0.1, -0.05) is 0 Å². The molecule has 0 saturated carbocycles. The number of hydrogen-bond acceptors (Lipinski definition) is 2. The third-order valence-corrected chi connectivity index (χ3v) is 3.25. The smallest absolute Gasteiger partial charge is 0.416 e. The van der Waals surface area contributed by atoms with Crippen LogP contribution in [0.4, 0.5) is 22.4 Å². The highest BCUT2D eigenvalue weighted by Gasteiger charge is 2.37. The van der Waals surface area contributed by atoms with E-state index in [-0.39, 0.29) is 24.6 Å². The number of halogens is 4. The molecule has 122 valence electrons. The molecule has 0 bridgehead atoms. The molecule has 1 amide bonds. The number of amides is 1. The predicted molar refractivity (Wildman–Crippen MR) is 72.0 cm³/mol. The number of benzene rings is 1. The van der Waals surface area contributed by atoms with Crippen LogP contribution in [0, 0.1) is 5.82 Å². The summed E-state index contributed by atoms with van der Waals surface area (Å²) in [7, 11) is 0. The van der Waals surface area contributed by atoms with Gasteiger partial charge in [0.2, 0.25) is 0 Å². The van der Waals surface area contributed by atoms with Gasteiger partial charge in [0, 0.05) is 19.0 Å². The van der Waals surface area contributed by atoms with Crippen LogP contribution in [-0.4, -0.2) is 29.7 Å². The number of carbonyl (C=O) groups excluding carboxylic acids is 1. The maximum Gasteiger partial charge on any atom is 0.416 e. The number of alkyl halides is 3. The third kappa shape index (κ3) is 3.90. The van der Waals surface area contributed by atoms with E-state index in [0.29, 0.717) is 6.07 Å². The number of hydrogen-bond donors (Lipinski definition) is 0. The predicted octanol–water partition coefficient (Wildman–Crippen LogP) is 4.18. The van der Waals surface area contributed by atoms with Crippen molar-refractivity contribution in [1.82, 2.24) is 4.90 Å². The van der Waals surface area contributed by atoms with Crippen LogP contribution in [0.2, 0.25) is 0 Å². The van der Waals surface area contributed by atoms with Crippen molar-refractivity contribution in [2.45, 2.75) is 38.5 Å². The summed E-state index contributed by atoms with van der Waals surface area (Å²) < 4.78 is 56.5. The van der Waals surface area contributed by atoms with Gasteiger partial charge in [0.25, 0.3) is 0 Å². The Morgan fingerprint density at radius 2 is 1.77 bits per heavy atom. The molecule has 0 spiro atoms. The van der Waals surface area contributed by atoms with E-state index in [1.54, 1.807) is 20.8 Å². The summed E-state index contributed by atoms with van der Waals surface area (Å²) in [6, 6.07) is 2.47. The minimum atomic E-state index is -4.59. The molecule has 0 N–H and O–H groups in total. The fourth-order valence-corrected chi connectivity index (χ4v) is 2.18. The van der Waals surface area contributed by atoms with Crippen LogP contribution in [0.15, 0.2) is 18.2 Å². The third-order valence-electron chi connectivity index (χ3n) is 3.25. The molecule has 1 aromatic rings. The molecule has 0 aromatic heterocycles. The van der Waals surface area contributed by atoms with E-state index in [1.807, 2.05) is 0 Å². The van der Waals surface area contributed by atoms with E-state index in [2.05, 4.69) is 0 Å². The van der Waals surface area contributed by atoms with Crippen molar-refractivity contribution in [2.75, 3.05) is 13.1 Å². The zero-order valence-electron chi connectivity index (χ0n) is 12.5. The average molecular weight is 319 g/mol. The van der Waals surface area contributed by atoms with E-state index in [9.17, 15) is 22.4 Å². The Morgan fingerprint density at radius 3 is 2.27 bits per heavy atom. The zero-order valence-corrected chi connectivity index (χ0v) is 12.5. The first-order chi connectivity index (χ1) is 9.95. The topological polar surface area (TPSA) is 29.5 Å². The molecule has 1 aliphatic rings. The second-order valence-electron chi connectivity index (χ2n) is 6.35. The quantitative estimate of drug-likeness (QED) is 0.727. The van der Waals surface area contributed by atoms with Gasteiger partial charge in [-0.3, -0.25) is 0 Å². The van der Waals surface area contributed by atoms with Gasteiger partial charge in [-0.2, -0.15) is 13.2 Å². The molecule has 0 atom stereocenters. The van der Waals surface area contributed by atoms with Crippen LogP contribution in [0.1, 0.15) is 37.8 Å².